The molecule has 0 bridgehead atoms. The van der Waals surface area contributed by atoms with Crippen LogP contribution in [0.25, 0.3) is 0 Å². The monoisotopic (exact) mass is 354 g/mol. The SMILES string of the molecule is CCOc1ccc(C2Nc3ccccc3C(=O)N2C(C)CC)cc1OC. The van der Waals surface area contributed by atoms with Gasteiger partial charge in [0.15, 0.2) is 11.5 Å². The van der Waals surface area contributed by atoms with Crippen molar-refractivity contribution >= 4 is 11.6 Å². The van der Waals surface area contributed by atoms with Crippen molar-refractivity contribution in [2.24, 2.45) is 0 Å². The largest absolute Gasteiger partial charge is 0.493 e. The van der Waals surface area contributed by atoms with Crippen LogP contribution < -0.4 is 14.8 Å². The summed E-state index contributed by atoms with van der Waals surface area (Å²) >= 11 is 0. The zero-order valence-corrected chi connectivity index (χ0v) is 15.8. The first-order chi connectivity index (χ1) is 12.6. The Balaban J connectivity index is 2.05. The zero-order valence-electron chi connectivity index (χ0n) is 15.8. The highest BCUT2D eigenvalue weighted by atomic mass is 16.5. The second-order valence-corrected chi connectivity index (χ2v) is 6.41. The molecule has 0 saturated heterocycles. The maximum absolute atomic E-state index is 13.2. The highest BCUT2D eigenvalue weighted by Gasteiger charge is 2.35. The van der Waals surface area contributed by atoms with Gasteiger partial charge in [-0.2, -0.15) is 0 Å². The lowest BCUT2D eigenvalue weighted by atomic mass is 10.0. The van der Waals surface area contributed by atoms with Crippen LogP contribution in [0, 0.1) is 0 Å². The van der Waals surface area contributed by atoms with Crippen molar-refractivity contribution in [3.8, 4) is 11.5 Å². The summed E-state index contributed by atoms with van der Waals surface area (Å²) in [5.74, 6) is 1.42. The van der Waals surface area contributed by atoms with Crippen LogP contribution in [0.2, 0.25) is 0 Å². The van der Waals surface area contributed by atoms with Gasteiger partial charge in [-0.3, -0.25) is 4.79 Å². The summed E-state index contributed by atoms with van der Waals surface area (Å²) in [7, 11) is 1.63. The average Bonchev–Trinajstić information content (AvgIpc) is 2.68. The number of carbonyl (C=O) groups is 1. The number of fused-ring (bicyclic) bond motifs is 1. The van der Waals surface area contributed by atoms with Crippen LogP contribution in [-0.2, 0) is 0 Å². The summed E-state index contributed by atoms with van der Waals surface area (Å²) in [5.41, 5.74) is 2.53. The summed E-state index contributed by atoms with van der Waals surface area (Å²) < 4.78 is 11.1. The molecule has 2 aromatic rings. The van der Waals surface area contributed by atoms with Gasteiger partial charge in [0.25, 0.3) is 5.91 Å². The van der Waals surface area contributed by atoms with E-state index >= 15 is 0 Å². The number of carbonyl (C=O) groups excluding carboxylic acids is 1. The van der Waals surface area contributed by atoms with E-state index in [1.165, 1.54) is 0 Å². The third kappa shape index (κ3) is 3.21. The quantitative estimate of drug-likeness (QED) is 0.832. The number of anilines is 1. The maximum atomic E-state index is 13.2. The molecule has 1 aliphatic rings. The standard InChI is InChI=1S/C21H26N2O3/c1-5-14(3)23-20(22-17-10-8-7-9-16(17)21(23)24)15-11-12-18(26-6-2)19(13-15)25-4/h7-14,20,22H,5-6H2,1-4H3. The van der Waals surface area contributed by atoms with Crippen molar-refractivity contribution in [2.45, 2.75) is 39.4 Å². The lowest BCUT2D eigenvalue weighted by Gasteiger charge is -2.41. The van der Waals surface area contributed by atoms with E-state index < -0.39 is 0 Å². The summed E-state index contributed by atoms with van der Waals surface area (Å²) in [6, 6.07) is 13.6. The summed E-state index contributed by atoms with van der Waals surface area (Å²) in [5, 5.41) is 3.52. The van der Waals surface area contributed by atoms with Gasteiger partial charge in [0.05, 0.1) is 19.3 Å². The number of amides is 1. The van der Waals surface area contributed by atoms with E-state index in [0.29, 0.717) is 23.7 Å². The molecule has 138 valence electrons. The number of benzene rings is 2. The fourth-order valence-corrected chi connectivity index (χ4v) is 3.29. The van der Waals surface area contributed by atoms with Crippen LogP contribution in [0.15, 0.2) is 42.5 Å². The lowest BCUT2D eigenvalue weighted by molar-refractivity contribution is 0.0593. The smallest absolute Gasteiger partial charge is 0.258 e. The molecule has 5 heteroatoms. The second-order valence-electron chi connectivity index (χ2n) is 6.41. The Kier molecular flexibility index (Phi) is 5.35. The Morgan fingerprint density at radius 3 is 2.62 bits per heavy atom. The fraction of sp³-hybridized carbons (Fsp3) is 0.381. The van der Waals surface area contributed by atoms with Gasteiger partial charge in [0.2, 0.25) is 0 Å². The van der Waals surface area contributed by atoms with Crippen LogP contribution in [0.4, 0.5) is 5.69 Å². The van der Waals surface area contributed by atoms with Crippen molar-refractivity contribution in [3.05, 3.63) is 53.6 Å². The van der Waals surface area contributed by atoms with Crippen LogP contribution in [0.5, 0.6) is 11.5 Å². The normalized spacial score (nSPS) is 17.3. The van der Waals surface area contributed by atoms with Gasteiger partial charge in [0, 0.05) is 11.7 Å². The van der Waals surface area contributed by atoms with E-state index in [9.17, 15) is 4.79 Å². The van der Waals surface area contributed by atoms with E-state index in [0.717, 1.165) is 17.7 Å². The highest BCUT2D eigenvalue weighted by Crippen LogP contribution is 2.38. The van der Waals surface area contributed by atoms with E-state index in [1.807, 2.05) is 54.3 Å². The molecule has 0 aromatic heterocycles. The number of hydrogen-bond acceptors (Lipinski definition) is 4. The Labute approximate surface area is 154 Å². The molecule has 0 radical (unpaired) electrons. The number of ether oxygens (including phenoxy) is 2. The van der Waals surface area contributed by atoms with Crippen molar-refractivity contribution in [1.82, 2.24) is 4.90 Å². The summed E-state index contributed by atoms with van der Waals surface area (Å²) in [6.07, 6.45) is 0.622. The number of nitrogens with zero attached hydrogens (tertiary/aromatic N) is 1. The number of para-hydroxylation sites is 1. The molecule has 1 N–H and O–H groups in total. The van der Waals surface area contributed by atoms with Crippen molar-refractivity contribution < 1.29 is 14.3 Å². The van der Waals surface area contributed by atoms with Gasteiger partial charge in [-0.1, -0.05) is 25.1 Å². The number of hydrogen-bond donors (Lipinski definition) is 1. The molecule has 0 fully saturated rings. The molecule has 5 nitrogen and oxygen atoms in total. The molecule has 0 saturated carbocycles. The average molecular weight is 354 g/mol. The molecule has 2 unspecified atom stereocenters. The molecule has 1 heterocycles. The maximum Gasteiger partial charge on any atom is 0.258 e. The molecule has 26 heavy (non-hydrogen) atoms. The third-order valence-corrected chi connectivity index (χ3v) is 4.83. The zero-order chi connectivity index (χ0) is 18.7. The van der Waals surface area contributed by atoms with Gasteiger partial charge >= 0.3 is 0 Å². The fourth-order valence-electron chi connectivity index (χ4n) is 3.29. The van der Waals surface area contributed by atoms with Gasteiger partial charge < -0.3 is 19.7 Å². The van der Waals surface area contributed by atoms with Crippen LogP contribution in [0.3, 0.4) is 0 Å². The topological polar surface area (TPSA) is 50.8 Å². The molecular weight excluding hydrogens is 328 g/mol. The minimum Gasteiger partial charge on any atom is -0.493 e. The Morgan fingerprint density at radius 1 is 1.15 bits per heavy atom. The van der Waals surface area contributed by atoms with Gasteiger partial charge in [-0.15, -0.1) is 0 Å². The summed E-state index contributed by atoms with van der Waals surface area (Å²) in [6.45, 7) is 6.68. The molecule has 1 amide bonds. The Morgan fingerprint density at radius 2 is 1.92 bits per heavy atom. The Hall–Kier alpha value is -2.69. The van der Waals surface area contributed by atoms with Gasteiger partial charge in [-0.05, 0) is 50.1 Å². The van der Waals surface area contributed by atoms with Crippen LogP contribution in [0.1, 0.15) is 49.3 Å². The number of nitrogens with one attached hydrogen (secondary N) is 1. The predicted molar refractivity (Wildman–Crippen MR) is 103 cm³/mol. The number of rotatable bonds is 6. The molecule has 0 spiro atoms. The first-order valence-corrected chi connectivity index (χ1v) is 9.09. The van der Waals surface area contributed by atoms with Crippen molar-refractivity contribution in [3.63, 3.8) is 0 Å². The van der Waals surface area contributed by atoms with Gasteiger partial charge in [0.1, 0.15) is 6.17 Å². The summed E-state index contributed by atoms with van der Waals surface area (Å²) in [4.78, 5) is 15.1. The van der Waals surface area contributed by atoms with Crippen molar-refractivity contribution in [1.29, 1.82) is 0 Å². The van der Waals surface area contributed by atoms with Crippen molar-refractivity contribution in [2.75, 3.05) is 19.0 Å². The molecule has 2 aromatic carbocycles. The predicted octanol–water partition coefficient (Wildman–Crippen LogP) is 4.46. The Bertz CT molecular complexity index is 791. The number of methoxy groups -OCH3 is 1. The third-order valence-electron chi connectivity index (χ3n) is 4.83. The second kappa shape index (κ2) is 7.68. The first kappa shape index (κ1) is 18.1. The highest BCUT2D eigenvalue weighted by molar-refractivity contribution is 6.01. The molecule has 0 aliphatic carbocycles. The van der Waals surface area contributed by atoms with E-state index in [2.05, 4.69) is 19.2 Å². The minimum absolute atomic E-state index is 0.0477. The molecule has 2 atom stereocenters. The van der Waals surface area contributed by atoms with E-state index in [4.69, 9.17) is 9.47 Å². The van der Waals surface area contributed by atoms with Crippen LogP contribution >= 0.6 is 0 Å². The molecule has 1 aliphatic heterocycles. The van der Waals surface area contributed by atoms with E-state index in [-0.39, 0.29) is 18.1 Å². The van der Waals surface area contributed by atoms with Gasteiger partial charge in [-0.25, -0.2) is 0 Å². The molecular formula is C21H26N2O3. The first-order valence-electron chi connectivity index (χ1n) is 9.09. The minimum atomic E-state index is -0.253. The van der Waals surface area contributed by atoms with E-state index in [1.54, 1.807) is 7.11 Å². The van der Waals surface area contributed by atoms with Crippen LogP contribution in [-0.4, -0.2) is 30.6 Å². The molecule has 3 rings (SSSR count). The lowest BCUT2D eigenvalue weighted by Crippen LogP contribution is -2.47.